The van der Waals surface area contributed by atoms with E-state index in [1.165, 1.54) is 0 Å². The van der Waals surface area contributed by atoms with Gasteiger partial charge < -0.3 is 9.47 Å². The number of benzene rings is 2. The molecule has 0 aliphatic rings. The molecule has 0 aliphatic heterocycles. The summed E-state index contributed by atoms with van der Waals surface area (Å²) in [6, 6.07) is 16.9. The summed E-state index contributed by atoms with van der Waals surface area (Å²) in [6.45, 7) is 3.20. The molecule has 0 aromatic heterocycles. The van der Waals surface area contributed by atoms with Crippen LogP contribution in [0.2, 0.25) is 0 Å². The summed E-state index contributed by atoms with van der Waals surface area (Å²) in [5, 5.41) is 0. The monoisotopic (exact) mass is 315 g/mol. The lowest BCUT2D eigenvalue weighted by atomic mass is 10.1. The molecule has 5 heteroatoms. The van der Waals surface area contributed by atoms with Crippen LogP contribution in [0, 0.1) is 0 Å². The van der Waals surface area contributed by atoms with Gasteiger partial charge in [-0.05, 0) is 36.8 Å². The van der Waals surface area contributed by atoms with E-state index >= 15 is 0 Å². The minimum absolute atomic E-state index is 0.200. The van der Waals surface area contributed by atoms with Crippen molar-refractivity contribution in [2.75, 3.05) is 19.8 Å². The minimum Gasteiger partial charge on any atom is -0.494 e. The molecule has 0 spiro atoms. The average Bonchev–Trinajstić information content (AvgIpc) is 2.57. The lowest BCUT2D eigenvalue weighted by Gasteiger charge is -2.08. The van der Waals surface area contributed by atoms with Gasteiger partial charge in [0.15, 0.2) is 0 Å². The smallest absolute Gasteiger partial charge is 0.247 e. The lowest BCUT2D eigenvalue weighted by Crippen LogP contribution is -2.27. The van der Waals surface area contributed by atoms with Crippen LogP contribution >= 0.6 is 0 Å². The maximum Gasteiger partial charge on any atom is 0.247 e. The van der Waals surface area contributed by atoms with E-state index in [9.17, 15) is 4.79 Å². The third-order valence-corrected chi connectivity index (χ3v) is 2.98. The highest BCUT2D eigenvalue weighted by atomic mass is 16.7. The summed E-state index contributed by atoms with van der Waals surface area (Å²) in [5.74, 6) is 1.37. The van der Waals surface area contributed by atoms with Gasteiger partial charge in [-0.3, -0.25) is 9.63 Å². The number of nitrogens with one attached hydrogen (secondary N) is 1. The second-order valence-corrected chi connectivity index (χ2v) is 4.79. The van der Waals surface area contributed by atoms with Crippen molar-refractivity contribution in [1.29, 1.82) is 0 Å². The summed E-state index contributed by atoms with van der Waals surface area (Å²) in [5.41, 5.74) is 3.31. The van der Waals surface area contributed by atoms with Gasteiger partial charge in [-0.25, -0.2) is 5.48 Å². The summed E-state index contributed by atoms with van der Waals surface area (Å²) in [4.78, 5) is 16.9. The standard InChI is InChI=1S/C18H21NO4/c1-2-21-17-10-8-15(9-11-17)14-18(20)19-23-13-12-22-16-6-4-3-5-7-16/h3-11H,2,12-14H2,1H3,(H,19,20). The first-order valence-corrected chi connectivity index (χ1v) is 7.58. The molecule has 2 aromatic carbocycles. The fraction of sp³-hybridized carbons (Fsp3) is 0.278. The Balaban J connectivity index is 1.61. The molecule has 2 rings (SSSR count). The molecule has 23 heavy (non-hydrogen) atoms. The van der Waals surface area contributed by atoms with Crippen LogP contribution in [-0.4, -0.2) is 25.7 Å². The highest BCUT2D eigenvalue weighted by Crippen LogP contribution is 2.12. The minimum atomic E-state index is -0.200. The quantitative estimate of drug-likeness (QED) is 0.571. The molecule has 0 saturated heterocycles. The third-order valence-electron chi connectivity index (χ3n) is 2.98. The Bertz CT molecular complexity index is 584. The van der Waals surface area contributed by atoms with Crippen molar-refractivity contribution in [3.8, 4) is 11.5 Å². The van der Waals surface area contributed by atoms with E-state index in [2.05, 4.69) is 5.48 Å². The number of ether oxygens (including phenoxy) is 2. The zero-order valence-corrected chi connectivity index (χ0v) is 13.2. The predicted octanol–water partition coefficient (Wildman–Crippen LogP) is 2.75. The topological polar surface area (TPSA) is 56.8 Å². The van der Waals surface area contributed by atoms with E-state index in [0.717, 1.165) is 17.1 Å². The van der Waals surface area contributed by atoms with Crippen molar-refractivity contribution in [3.63, 3.8) is 0 Å². The molecule has 122 valence electrons. The van der Waals surface area contributed by atoms with Crippen LogP contribution in [0.4, 0.5) is 0 Å². The molecule has 1 amide bonds. The van der Waals surface area contributed by atoms with E-state index in [1.807, 2.05) is 61.5 Å². The SMILES string of the molecule is CCOc1ccc(CC(=O)NOCCOc2ccccc2)cc1. The number of para-hydroxylation sites is 1. The molecule has 0 atom stereocenters. The van der Waals surface area contributed by atoms with Crippen LogP contribution in [0.3, 0.4) is 0 Å². The largest absolute Gasteiger partial charge is 0.494 e. The molecule has 0 saturated carbocycles. The van der Waals surface area contributed by atoms with Crippen molar-refractivity contribution >= 4 is 5.91 Å². The lowest BCUT2D eigenvalue weighted by molar-refractivity contribution is -0.133. The number of hydroxylamine groups is 1. The summed E-state index contributed by atoms with van der Waals surface area (Å²) >= 11 is 0. The molecule has 0 radical (unpaired) electrons. The summed E-state index contributed by atoms with van der Waals surface area (Å²) < 4.78 is 10.8. The zero-order chi connectivity index (χ0) is 16.3. The fourth-order valence-electron chi connectivity index (χ4n) is 1.94. The Morgan fingerprint density at radius 3 is 2.30 bits per heavy atom. The summed E-state index contributed by atoms with van der Waals surface area (Å²) in [7, 11) is 0. The number of hydrogen-bond donors (Lipinski definition) is 1. The average molecular weight is 315 g/mol. The van der Waals surface area contributed by atoms with Gasteiger partial charge in [0.2, 0.25) is 5.91 Å². The Kier molecular flexibility index (Phi) is 6.94. The molecule has 5 nitrogen and oxygen atoms in total. The molecule has 0 fully saturated rings. The van der Waals surface area contributed by atoms with Gasteiger partial charge in [-0.1, -0.05) is 30.3 Å². The first-order chi connectivity index (χ1) is 11.3. The van der Waals surface area contributed by atoms with Crippen LogP contribution in [0.15, 0.2) is 54.6 Å². The number of carbonyl (C=O) groups excluding carboxylic acids is 1. The molecule has 0 bridgehead atoms. The van der Waals surface area contributed by atoms with Crippen molar-refractivity contribution in [3.05, 3.63) is 60.2 Å². The number of rotatable bonds is 9. The number of carbonyl (C=O) groups is 1. The first-order valence-electron chi connectivity index (χ1n) is 7.58. The van der Waals surface area contributed by atoms with Crippen molar-refractivity contribution in [1.82, 2.24) is 5.48 Å². The number of amides is 1. The van der Waals surface area contributed by atoms with Gasteiger partial charge in [0.1, 0.15) is 24.7 Å². The van der Waals surface area contributed by atoms with E-state index in [1.54, 1.807) is 0 Å². The molecule has 0 heterocycles. The fourth-order valence-corrected chi connectivity index (χ4v) is 1.94. The third kappa shape index (κ3) is 6.40. The van der Waals surface area contributed by atoms with Crippen molar-refractivity contribution in [2.24, 2.45) is 0 Å². The Morgan fingerprint density at radius 2 is 1.61 bits per heavy atom. The maximum absolute atomic E-state index is 11.7. The number of hydrogen-bond acceptors (Lipinski definition) is 4. The molecular formula is C18H21NO4. The van der Waals surface area contributed by atoms with Crippen LogP contribution in [0.1, 0.15) is 12.5 Å². The Labute approximate surface area is 136 Å². The van der Waals surface area contributed by atoms with Crippen LogP contribution in [0.25, 0.3) is 0 Å². The van der Waals surface area contributed by atoms with E-state index in [0.29, 0.717) is 13.2 Å². The molecule has 1 N–H and O–H groups in total. The Morgan fingerprint density at radius 1 is 0.913 bits per heavy atom. The van der Waals surface area contributed by atoms with Crippen molar-refractivity contribution in [2.45, 2.75) is 13.3 Å². The van der Waals surface area contributed by atoms with Gasteiger partial charge >= 0.3 is 0 Å². The van der Waals surface area contributed by atoms with Crippen LogP contribution in [-0.2, 0) is 16.1 Å². The van der Waals surface area contributed by atoms with Gasteiger partial charge in [0.05, 0.1) is 13.0 Å². The highest BCUT2D eigenvalue weighted by molar-refractivity contribution is 5.77. The van der Waals surface area contributed by atoms with Gasteiger partial charge in [-0.2, -0.15) is 0 Å². The maximum atomic E-state index is 11.7. The molecule has 2 aromatic rings. The van der Waals surface area contributed by atoms with Gasteiger partial charge in [0.25, 0.3) is 0 Å². The Hall–Kier alpha value is -2.53. The van der Waals surface area contributed by atoms with Gasteiger partial charge in [0, 0.05) is 0 Å². The van der Waals surface area contributed by atoms with Gasteiger partial charge in [-0.15, -0.1) is 0 Å². The highest BCUT2D eigenvalue weighted by Gasteiger charge is 2.04. The molecule has 0 aliphatic carbocycles. The van der Waals surface area contributed by atoms with Crippen LogP contribution < -0.4 is 15.0 Å². The van der Waals surface area contributed by atoms with E-state index in [4.69, 9.17) is 14.3 Å². The van der Waals surface area contributed by atoms with E-state index < -0.39 is 0 Å². The predicted molar refractivity (Wildman–Crippen MR) is 87.3 cm³/mol. The summed E-state index contributed by atoms with van der Waals surface area (Å²) in [6.07, 6.45) is 0.256. The van der Waals surface area contributed by atoms with Crippen molar-refractivity contribution < 1.29 is 19.1 Å². The van der Waals surface area contributed by atoms with Crippen LogP contribution in [0.5, 0.6) is 11.5 Å². The molecular weight excluding hydrogens is 294 g/mol. The zero-order valence-electron chi connectivity index (χ0n) is 13.2. The second kappa shape index (κ2) is 9.48. The first kappa shape index (κ1) is 16.8. The second-order valence-electron chi connectivity index (χ2n) is 4.79. The van der Waals surface area contributed by atoms with E-state index in [-0.39, 0.29) is 18.9 Å². The normalized spacial score (nSPS) is 10.1. The molecule has 0 unspecified atom stereocenters.